The lowest BCUT2D eigenvalue weighted by molar-refractivity contribution is -0.164. The van der Waals surface area contributed by atoms with Gasteiger partial charge in [0.2, 0.25) is 11.2 Å². The van der Waals surface area contributed by atoms with Crippen molar-refractivity contribution in [2.45, 2.75) is 50.8 Å². The summed E-state index contributed by atoms with van der Waals surface area (Å²) in [6.07, 6.45) is 0.927. The van der Waals surface area contributed by atoms with Crippen LogP contribution in [-0.4, -0.2) is 63.3 Å². The Morgan fingerprint density at radius 1 is 0.742 bits per heavy atom. The van der Waals surface area contributed by atoms with Gasteiger partial charge < -0.3 is 40.4 Å². The number of carbonyl (C=O) groups excluding carboxylic acids is 2. The zero-order valence-electron chi connectivity index (χ0n) is 36.6. The molecule has 338 valence electrons. The summed E-state index contributed by atoms with van der Waals surface area (Å²) < 4.78 is 12.1. The highest BCUT2D eigenvalue weighted by atomic mass is 16.5. The fraction of sp³-hybridized carbons (Fsp3) is 0.241. The number of H-pyrrole nitrogens is 1. The number of hydrogen-bond acceptors (Lipinski definition) is 10. The van der Waals surface area contributed by atoms with Gasteiger partial charge in [0.15, 0.2) is 0 Å². The Kier molecular flexibility index (Phi) is 14.7. The summed E-state index contributed by atoms with van der Waals surface area (Å²) in [7, 11) is 0. The van der Waals surface area contributed by atoms with Crippen LogP contribution in [0.2, 0.25) is 0 Å². The van der Waals surface area contributed by atoms with Gasteiger partial charge in [0.05, 0.1) is 18.2 Å². The van der Waals surface area contributed by atoms with E-state index in [4.69, 9.17) is 9.47 Å². The van der Waals surface area contributed by atoms with Crippen molar-refractivity contribution in [3.63, 3.8) is 0 Å². The molecule has 1 saturated heterocycles. The normalized spacial score (nSPS) is 14.6. The van der Waals surface area contributed by atoms with Gasteiger partial charge in [-0.05, 0) is 102 Å². The number of aromatic amines is 1. The number of phenols is 1. The minimum atomic E-state index is -2.04. The smallest absolute Gasteiger partial charge is 0.347 e. The van der Waals surface area contributed by atoms with Crippen LogP contribution in [0.3, 0.4) is 0 Å². The minimum Gasteiger partial charge on any atom is -0.506 e. The molecule has 8 rings (SSSR count). The van der Waals surface area contributed by atoms with Crippen molar-refractivity contribution < 1.29 is 34.4 Å². The average molecular weight is 887 g/mol. The number of aliphatic hydroxyl groups excluding tert-OH is 1. The molecule has 1 amide bonds. The number of nitrogens with one attached hydrogen (secondary N) is 3. The number of nitrogens with zero attached hydrogens (tertiary/aromatic N) is 1. The predicted octanol–water partition coefficient (Wildman–Crippen LogP) is 7.26. The van der Waals surface area contributed by atoms with E-state index in [0.717, 1.165) is 49.2 Å². The van der Waals surface area contributed by atoms with Crippen molar-refractivity contribution in [2.75, 3.05) is 26.2 Å². The van der Waals surface area contributed by atoms with E-state index < -0.39 is 17.7 Å². The van der Waals surface area contributed by atoms with E-state index in [1.54, 1.807) is 72.8 Å². The maximum absolute atomic E-state index is 13.9. The first kappa shape index (κ1) is 45.5. The number of ether oxygens (including phenoxy) is 2. The standard InChI is InChI=1S/C54H54N4O8/c59-48-24-22-46(47-23-25-50(61)57-51(47)48)49(60)33-55-31-37-18-20-42(21-19-37)52(62)56-32-38-14-16-40(17-15-38)35-65-45-13-7-12-44(30-45)54(64,43-10-5-2-6-11-43)53(63)66-36-41-26-28-58(29-27-41)34-39-8-3-1-4-9-39/h1-25,30,41,49,55,59-60,64H,26-29,31-36H2,(H,56,62)(H,57,61)/t49-,54?/m0/s1. The number of aliphatic hydroxyl groups is 2. The molecular weight excluding hydrogens is 833 g/mol. The number of carbonyl (C=O) groups is 2. The molecule has 1 aliphatic heterocycles. The summed E-state index contributed by atoms with van der Waals surface area (Å²) in [4.78, 5) is 43.7. The third kappa shape index (κ3) is 11.2. The molecule has 6 aromatic carbocycles. The Labute approximate surface area is 383 Å². The number of hydrogen-bond donors (Lipinski definition) is 6. The Hall–Kier alpha value is -7.09. The van der Waals surface area contributed by atoms with E-state index in [0.29, 0.717) is 46.5 Å². The van der Waals surface area contributed by atoms with Crippen LogP contribution in [0.25, 0.3) is 10.9 Å². The maximum atomic E-state index is 13.9. The van der Waals surface area contributed by atoms with E-state index in [2.05, 4.69) is 44.8 Å². The van der Waals surface area contributed by atoms with Crippen molar-refractivity contribution in [1.29, 1.82) is 0 Å². The summed E-state index contributed by atoms with van der Waals surface area (Å²) in [5.74, 6) is -0.309. The number of piperidine rings is 1. The zero-order chi connectivity index (χ0) is 45.9. The van der Waals surface area contributed by atoms with Gasteiger partial charge in [-0.25, -0.2) is 4.79 Å². The summed E-state index contributed by atoms with van der Waals surface area (Å²) in [6.45, 7) is 4.21. The Balaban J connectivity index is 0.799. The van der Waals surface area contributed by atoms with Crippen molar-refractivity contribution in [1.82, 2.24) is 20.5 Å². The number of likely N-dealkylation sites (tertiary alicyclic amines) is 1. The molecule has 66 heavy (non-hydrogen) atoms. The Bertz CT molecular complexity index is 2780. The summed E-state index contributed by atoms with van der Waals surface area (Å²) in [5, 5.41) is 40.0. The lowest BCUT2D eigenvalue weighted by Gasteiger charge is -2.33. The lowest BCUT2D eigenvalue weighted by Crippen LogP contribution is -2.40. The summed E-state index contributed by atoms with van der Waals surface area (Å²) in [6, 6.07) is 47.1. The fourth-order valence-electron chi connectivity index (χ4n) is 8.33. The van der Waals surface area contributed by atoms with E-state index in [1.165, 1.54) is 17.7 Å². The molecule has 0 bridgehead atoms. The number of aromatic hydroxyl groups is 1. The van der Waals surface area contributed by atoms with E-state index in [9.17, 15) is 29.7 Å². The first-order chi connectivity index (χ1) is 32.1. The number of esters is 1. The van der Waals surface area contributed by atoms with Crippen LogP contribution >= 0.6 is 0 Å². The van der Waals surface area contributed by atoms with Crippen LogP contribution < -0.4 is 20.9 Å². The molecule has 0 saturated carbocycles. The fourth-order valence-corrected chi connectivity index (χ4v) is 8.33. The van der Waals surface area contributed by atoms with Gasteiger partial charge in [0.25, 0.3) is 5.91 Å². The number of amides is 1. The second-order valence-corrected chi connectivity index (χ2v) is 16.8. The van der Waals surface area contributed by atoms with Crippen LogP contribution in [0, 0.1) is 5.92 Å². The van der Waals surface area contributed by atoms with Crippen LogP contribution in [0.4, 0.5) is 0 Å². The first-order valence-electron chi connectivity index (χ1n) is 22.3. The molecule has 1 aromatic heterocycles. The largest absolute Gasteiger partial charge is 0.506 e. The highest BCUT2D eigenvalue weighted by Crippen LogP contribution is 2.34. The van der Waals surface area contributed by atoms with Gasteiger partial charge in [-0.1, -0.05) is 115 Å². The van der Waals surface area contributed by atoms with E-state index in [1.807, 2.05) is 48.5 Å². The molecule has 0 aliphatic carbocycles. The minimum absolute atomic E-state index is 0.0652. The molecule has 2 atom stereocenters. The van der Waals surface area contributed by atoms with Crippen molar-refractivity contribution in [2.24, 2.45) is 5.92 Å². The maximum Gasteiger partial charge on any atom is 0.347 e. The highest BCUT2D eigenvalue weighted by molar-refractivity contribution is 5.94. The van der Waals surface area contributed by atoms with Crippen molar-refractivity contribution >= 4 is 22.8 Å². The summed E-state index contributed by atoms with van der Waals surface area (Å²) >= 11 is 0. The summed E-state index contributed by atoms with van der Waals surface area (Å²) in [5.41, 5.74) is 3.77. The number of benzene rings is 6. The second-order valence-electron chi connectivity index (χ2n) is 16.8. The molecule has 2 heterocycles. The first-order valence-corrected chi connectivity index (χ1v) is 22.3. The van der Waals surface area contributed by atoms with Crippen LogP contribution in [0.5, 0.6) is 11.5 Å². The third-order valence-electron chi connectivity index (χ3n) is 12.2. The molecule has 12 nitrogen and oxygen atoms in total. The Morgan fingerprint density at radius 3 is 2.15 bits per heavy atom. The number of phenolic OH excluding ortho intramolecular Hbond substituents is 1. The van der Waals surface area contributed by atoms with Crippen molar-refractivity contribution in [3.8, 4) is 11.5 Å². The quantitative estimate of drug-likeness (QED) is 0.0482. The molecule has 12 heteroatoms. The highest BCUT2D eigenvalue weighted by Gasteiger charge is 2.42. The molecule has 1 fully saturated rings. The molecule has 1 unspecified atom stereocenters. The number of rotatable bonds is 18. The molecular formula is C54H54N4O8. The Morgan fingerprint density at radius 2 is 1.41 bits per heavy atom. The zero-order valence-corrected chi connectivity index (χ0v) is 36.6. The van der Waals surface area contributed by atoms with Gasteiger partial charge in [0, 0.05) is 48.8 Å². The lowest BCUT2D eigenvalue weighted by atomic mass is 9.86. The molecule has 7 aromatic rings. The van der Waals surface area contributed by atoms with Gasteiger partial charge in [0.1, 0.15) is 18.1 Å². The van der Waals surface area contributed by atoms with Gasteiger partial charge in [-0.15, -0.1) is 0 Å². The molecule has 1 aliphatic rings. The van der Waals surface area contributed by atoms with Gasteiger partial charge in [-0.3, -0.25) is 14.5 Å². The van der Waals surface area contributed by atoms with E-state index >= 15 is 0 Å². The number of pyridine rings is 1. The molecule has 6 N–H and O–H groups in total. The average Bonchev–Trinajstić information content (AvgIpc) is 3.36. The topological polar surface area (TPSA) is 173 Å². The van der Waals surface area contributed by atoms with Gasteiger partial charge >= 0.3 is 5.97 Å². The van der Waals surface area contributed by atoms with E-state index in [-0.39, 0.29) is 48.4 Å². The van der Waals surface area contributed by atoms with Crippen LogP contribution in [0.15, 0.2) is 163 Å². The third-order valence-corrected chi connectivity index (χ3v) is 12.2. The monoisotopic (exact) mass is 886 g/mol. The van der Waals surface area contributed by atoms with Gasteiger partial charge in [-0.2, -0.15) is 0 Å². The SMILES string of the molecule is O=C(NCc1ccc(COc2cccc(C(O)(C(=O)OCC3CCN(Cc4ccccc4)CC3)c3ccccc3)c2)cc1)c1ccc(CNC[C@H](O)c2ccc(O)c3[nH]c(=O)ccc23)cc1. The van der Waals surface area contributed by atoms with Crippen LogP contribution in [0.1, 0.15) is 68.2 Å². The predicted molar refractivity (Wildman–Crippen MR) is 253 cm³/mol. The van der Waals surface area contributed by atoms with Crippen molar-refractivity contribution in [3.05, 3.63) is 213 Å². The number of aromatic nitrogens is 1. The number of fused-ring (bicyclic) bond motifs is 1. The molecule has 0 radical (unpaired) electrons. The van der Waals surface area contributed by atoms with Crippen LogP contribution in [-0.2, 0) is 41.4 Å². The second kappa shape index (κ2) is 21.3. The molecule has 0 spiro atoms.